The maximum absolute atomic E-state index is 13.2. The largest absolute Gasteiger partial charge is 0.409 e. The molecule has 1 aliphatic rings. The van der Waals surface area contributed by atoms with E-state index in [9.17, 15) is 9.50 Å². The van der Waals surface area contributed by atoms with Crippen molar-refractivity contribution in [3.63, 3.8) is 0 Å². The highest BCUT2D eigenvalue weighted by Gasteiger charge is 2.18. The summed E-state index contributed by atoms with van der Waals surface area (Å²) in [6, 6.07) is 4.28. The molecule has 1 fully saturated rings. The average molecular weight is 267 g/mol. The molecule has 0 saturated carbocycles. The van der Waals surface area contributed by atoms with Crippen LogP contribution in [0, 0.1) is 5.82 Å². The van der Waals surface area contributed by atoms with Crippen molar-refractivity contribution in [1.29, 1.82) is 0 Å². The minimum Gasteiger partial charge on any atom is -0.409 e. The van der Waals surface area contributed by atoms with Crippen LogP contribution in [0.25, 0.3) is 0 Å². The molecule has 4 N–H and O–H groups in total. The van der Waals surface area contributed by atoms with Gasteiger partial charge >= 0.3 is 0 Å². The summed E-state index contributed by atoms with van der Waals surface area (Å²) in [5, 5.41) is 21.1. The van der Waals surface area contributed by atoms with Gasteiger partial charge in [-0.3, -0.25) is 4.90 Å². The number of hydrogen-bond acceptors (Lipinski definition) is 4. The monoisotopic (exact) mass is 267 g/mol. The second-order valence-electron chi connectivity index (χ2n) is 4.79. The number of piperidine rings is 1. The molecule has 6 heteroatoms. The number of hydrogen-bond donors (Lipinski definition) is 3. The van der Waals surface area contributed by atoms with E-state index in [-0.39, 0.29) is 11.9 Å². The zero-order chi connectivity index (χ0) is 13.8. The van der Waals surface area contributed by atoms with Crippen LogP contribution in [-0.2, 0) is 6.54 Å². The highest BCUT2D eigenvalue weighted by Crippen LogP contribution is 2.17. The van der Waals surface area contributed by atoms with Gasteiger partial charge in [-0.2, -0.15) is 0 Å². The SMILES string of the molecule is NC(=NO)c1cc(F)ccc1CN1CCC(O)CC1. The molecule has 0 aliphatic carbocycles. The summed E-state index contributed by atoms with van der Waals surface area (Å²) in [7, 11) is 0. The summed E-state index contributed by atoms with van der Waals surface area (Å²) in [4.78, 5) is 2.16. The van der Waals surface area contributed by atoms with Crippen LogP contribution in [0.1, 0.15) is 24.0 Å². The van der Waals surface area contributed by atoms with Crippen LogP contribution < -0.4 is 5.73 Å². The molecule has 104 valence electrons. The summed E-state index contributed by atoms with van der Waals surface area (Å²) in [5.74, 6) is -0.508. The summed E-state index contributed by atoms with van der Waals surface area (Å²) in [6.07, 6.45) is 1.24. The van der Waals surface area contributed by atoms with E-state index in [2.05, 4.69) is 10.1 Å². The van der Waals surface area contributed by atoms with Crippen LogP contribution in [0.4, 0.5) is 4.39 Å². The van der Waals surface area contributed by atoms with Crippen molar-refractivity contribution in [2.24, 2.45) is 10.9 Å². The molecule has 1 aromatic rings. The normalized spacial score (nSPS) is 18.7. The molecule has 0 radical (unpaired) electrons. The maximum atomic E-state index is 13.2. The number of aliphatic hydroxyl groups is 1. The minimum atomic E-state index is -0.417. The predicted molar refractivity (Wildman–Crippen MR) is 69.4 cm³/mol. The number of aliphatic hydroxyl groups excluding tert-OH is 1. The van der Waals surface area contributed by atoms with Gasteiger partial charge in [-0.05, 0) is 30.5 Å². The van der Waals surface area contributed by atoms with Crippen molar-refractivity contribution >= 4 is 5.84 Å². The number of nitrogens with two attached hydrogens (primary N) is 1. The van der Waals surface area contributed by atoms with Crippen molar-refractivity contribution in [3.8, 4) is 0 Å². The number of benzene rings is 1. The molecular formula is C13H18FN3O2. The molecule has 0 spiro atoms. The van der Waals surface area contributed by atoms with Crippen molar-refractivity contribution in [3.05, 3.63) is 35.1 Å². The number of amidine groups is 1. The van der Waals surface area contributed by atoms with Crippen molar-refractivity contribution in [2.45, 2.75) is 25.5 Å². The Morgan fingerprint density at radius 2 is 2.11 bits per heavy atom. The Kier molecular flexibility index (Phi) is 4.34. The van der Waals surface area contributed by atoms with E-state index in [1.54, 1.807) is 6.07 Å². The molecule has 2 rings (SSSR count). The molecular weight excluding hydrogens is 249 g/mol. The van der Waals surface area contributed by atoms with Gasteiger partial charge in [0.1, 0.15) is 5.82 Å². The molecule has 0 bridgehead atoms. The van der Waals surface area contributed by atoms with E-state index >= 15 is 0 Å². The highest BCUT2D eigenvalue weighted by atomic mass is 19.1. The lowest BCUT2D eigenvalue weighted by Gasteiger charge is -2.30. The molecule has 1 heterocycles. The quantitative estimate of drug-likeness (QED) is 0.328. The zero-order valence-corrected chi connectivity index (χ0v) is 10.6. The second kappa shape index (κ2) is 5.99. The first-order valence-corrected chi connectivity index (χ1v) is 6.27. The zero-order valence-electron chi connectivity index (χ0n) is 10.6. The van der Waals surface area contributed by atoms with Crippen LogP contribution in [0.15, 0.2) is 23.4 Å². The van der Waals surface area contributed by atoms with Crippen LogP contribution in [0.5, 0.6) is 0 Å². The molecule has 5 nitrogen and oxygen atoms in total. The van der Waals surface area contributed by atoms with E-state index in [0.717, 1.165) is 31.5 Å². The van der Waals surface area contributed by atoms with E-state index < -0.39 is 5.82 Å². The Morgan fingerprint density at radius 1 is 1.42 bits per heavy atom. The topological polar surface area (TPSA) is 82.1 Å². The first kappa shape index (κ1) is 13.8. The highest BCUT2D eigenvalue weighted by molar-refractivity contribution is 5.98. The fourth-order valence-corrected chi connectivity index (χ4v) is 2.30. The number of oxime groups is 1. The Labute approximate surface area is 111 Å². The Balaban J connectivity index is 2.15. The van der Waals surface area contributed by atoms with Gasteiger partial charge in [0.05, 0.1) is 6.10 Å². The van der Waals surface area contributed by atoms with Gasteiger partial charge in [0, 0.05) is 25.2 Å². The summed E-state index contributed by atoms with van der Waals surface area (Å²) >= 11 is 0. The Hall–Kier alpha value is -1.66. The van der Waals surface area contributed by atoms with Crippen LogP contribution in [-0.4, -0.2) is 40.2 Å². The van der Waals surface area contributed by atoms with Crippen LogP contribution in [0.2, 0.25) is 0 Å². The Morgan fingerprint density at radius 3 is 2.74 bits per heavy atom. The number of rotatable bonds is 3. The van der Waals surface area contributed by atoms with E-state index in [0.29, 0.717) is 12.1 Å². The third-order valence-electron chi connectivity index (χ3n) is 3.41. The molecule has 1 saturated heterocycles. The third kappa shape index (κ3) is 3.42. The lowest BCUT2D eigenvalue weighted by Crippen LogP contribution is -2.35. The van der Waals surface area contributed by atoms with Crippen LogP contribution in [0.3, 0.4) is 0 Å². The molecule has 1 aliphatic heterocycles. The number of halogens is 1. The summed E-state index contributed by atoms with van der Waals surface area (Å²) in [6.45, 7) is 2.17. The number of likely N-dealkylation sites (tertiary alicyclic amines) is 1. The minimum absolute atomic E-state index is 0.0912. The maximum Gasteiger partial charge on any atom is 0.170 e. The first-order valence-electron chi connectivity index (χ1n) is 6.27. The predicted octanol–water partition coefficient (Wildman–Crippen LogP) is 0.877. The fraction of sp³-hybridized carbons (Fsp3) is 0.462. The summed E-state index contributed by atoms with van der Waals surface area (Å²) in [5.41, 5.74) is 6.79. The van der Waals surface area contributed by atoms with Gasteiger partial charge in [-0.1, -0.05) is 11.2 Å². The van der Waals surface area contributed by atoms with Gasteiger partial charge in [0.25, 0.3) is 0 Å². The number of nitrogens with zero attached hydrogens (tertiary/aromatic N) is 2. The molecule has 0 atom stereocenters. The lowest BCUT2D eigenvalue weighted by atomic mass is 10.0. The Bertz CT molecular complexity index is 471. The third-order valence-corrected chi connectivity index (χ3v) is 3.41. The smallest absolute Gasteiger partial charge is 0.170 e. The average Bonchev–Trinajstić information content (AvgIpc) is 2.42. The van der Waals surface area contributed by atoms with Gasteiger partial charge in [0.2, 0.25) is 0 Å². The van der Waals surface area contributed by atoms with Gasteiger partial charge in [-0.15, -0.1) is 0 Å². The lowest BCUT2D eigenvalue weighted by molar-refractivity contribution is 0.0792. The first-order chi connectivity index (χ1) is 9.10. The van der Waals surface area contributed by atoms with Gasteiger partial charge < -0.3 is 16.0 Å². The van der Waals surface area contributed by atoms with Crippen LogP contribution >= 0.6 is 0 Å². The van der Waals surface area contributed by atoms with E-state index in [1.807, 2.05) is 0 Å². The van der Waals surface area contributed by atoms with Gasteiger partial charge in [0.15, 0.2) is 5.84 Å². The fourth-order valence-electron chi connectivity index (χ4n) is 2.30. The standard InChI is InChI=1S/C13H18FN3O2/c14-10-2-1-9(12(7-10)13(15)16-19)8-17-5-3-11(18)4-6-17/h1-2,7,11,18-19H,3-6,8H2,(H2,15,16). The molecule has 0 aromatic heterocycles. The second-order valence-corrected chi connectivity index (χ2v) is 4.79. The molecule has 0 amide bonds. The molecule has 0 unspecified atom stereocenters. The molecule has 19 heavy (non-hydrogen) atoms. The van der Waals surface area contributed by atoms with Crippen molar-refractivity contribution < 1.29 is 14.7 Å². The van der Waals surface area contributed by atoms with E-state index in [1.165, 1.54) is 12.1 Å². The van der Waals surface area contributed by atoms with Crippen molar-refractivity contribution in [2.75, 3.05) is 13.1 Å². The summed E-state index contributed by atoms with van der Waals surface area (Å²) < 4.78 is 13.2. The van der Waals surface area contributed by atoms with Crippen molar-refractivity contribution in [1.82, 2.24) is 4.90 Å². The van der Waals surface area contributed by atoms with Gasteiger partial charge in [-0.25, -0.2) is 4.39 Å². The molecule has 1 aromatic carbocycles. The van der Waals surface area contributed by atoms with E-state index in [4.69, 9.17) is 10.9 Å².